The average molecular weight is 415 g/mol. The summed E-state index contributed by atoms with van der Waals surface area (Å²) in [5.41, 5.74) is 6.41. The van der Waals surface area contributed by atoms with Crippen molar-refractivity contribution in [1.29, 1.82) is 0 Å². The average Bonchev–Trinajstić information content (AvgIpc) is 3.13. The number of aromatic nitrogens is 1. The number of alkyl halides is 3. The fraction of sp³-hybridized carbons (Fsp3) is 0.211. The molecule has 2 N–H and O–H groups in total. The highest BCUT2D eigenvalue weighted by atomic mass is 35.5. The molecule has 0 radical (unpaired) electrons. The van der Waals surface area contributed by atoms with Crippen LogP contribution in [0.1, 0.15) is 5.89 Å². The maximum atomic E-state index is 13.1. The van der Waals surface area contributed by atoms with Crippen molar-refractivity contribution in [2.75, 3.05) is 20.3 Å². The summed E-state index contributed by atoms with van der Waals surface area (Å²) in [6.45, 7) is 0.706. The maximum absolute atomic E-state index is 13.1. The van der Waals surface area contributed by atoms with Crippen LogP contribution in [-0.2, 0) is 6.18 Å². The zero-order valence-corrected chi connectivity index (χ0v) is 15.6. The Kier molecular flexibility index (Phi) is 6.93. The molecule has 0 unspecified atom stereocenters. The van der Waals surface area contributed by atoms with E-state index in [0.29, 0.717) is 35.8 Å². The highest BCUT2D eigenvalue weighted by Crippen LogP contribution is 2.39. The number of nitrogens with two attached hydrogens (primary N) is 1. The molecule has 0 saturated carbocycles. The van der Waals surface area contributed by atoms with E-state index in [1.54, 1.807) is 48.5 Å². The summed E-state index contributed by atoms with van der Waals surface area (Å²) in [6, 6.07) is 13.0. The summed E-state index contributed by atoms with van der Waals surface area (Å²) in [5, 5.41) is 0. The van der Waals surface area contributed by atoms with E-state index in [9.17, 15) is 13.2 Å². The number of oxazole rings is 1. The molecule has 3 rings (SSSR count). The van der Waals surface area contributed by atoms with Crippen molar-refractivity contribution >= 4 is 12.4 Å². The Hall–Kier alpha value is -2.71. The van der Waals surface area contributed by atoms with Crippen molar-refractivity contribution in [3.05, 3.63) is 54.4 Å². The zero-order valence-electron chi connectivity index (χ0n) is 14.8. The molecule has 0 aliphatic rings. The van der Waals surface area contributed by atoms with Gasteiger partial charge in [-0.15, -0.1) is 12.4 Å². The summed E-state index contributed by atoms with van der Waals surface area (Å²) >= 11 is 0. The number of benzene rings is 2. The van der Waals surface area contributed by atoms with Gasteiger partial charge in [0.1, 0.15) is 23.8 Å². The number of rotatable bonds is 6. The van der Waals surface area contributed by atoms with Crippen LogP contribution in [0.4, 0.5) is 13.2 Å². The number of ether oxygens (including phenoxy) is 2. The molecule has 0 aliphatic heterocycles. The van der Waals surface area contributed by atoms with Crippen molar-refractivity contribution in [2.24, 2.45) is 5.73 Å². The summed E-state index contributed by atoms with van der Waals surface area (Å²) in [6.07, 6.45) is -4.69. The zero-order chi connectivity index (χ0) is 19.4. The van der Waals surface area contributed by atoms with Crippen LogP contribution >= 0.6 is 12.4 Å². The van der Waals surface area contributed by atoms with Crippen molar-refractivity contribution in [3.8, 4) is 34.1 Å². The third-order valence-corrected chi connectivity index (χ3v) is 3.74. The predicted octanol–water partition coefficient (Wildman–Crippen LogP) is 4.80. The molecule has 0 aliphatic carbocycles. The van der Waals surface area contributed by atoms with Gasteiger partial charge in [0.25, 0.3) is 0 Å². The van der Waals surface area contributed by atoms with Gasteiger partial charge in [-0.1, -0.05) is 0 Å². The molecule has 2 aromatic carbocycles. The Labute approximate surface area is 165 Å². The monoisotopic (exact) mass is 414 g/mol. The van der Waals surface area contributed by atoms with Crippen LogP contribution in [0.5, 0.6) is 11.5 Å². The fourth-order valence-corrected chi connectivity index (χ4v) is 2.46. The highest BCUT2D eigenvalue weighted by Gasteiger charge is 2.39. The van der Waals surface area contributed by atoms with Crippen LogP contribution < -0.4 is 15.2 Å². The number of halogens is 4. The fourth-order valence-electron chi connectivity index (χ4n) is 2.46. The van der Waals surface area contributed by atoms with Gasteiger partial charge in [-0.2, -0.15) is 13.2 Å². The van der Waals surface area contributed by atoms with Crippen molar-refractivity contribution in [1.82, 2.24) is 4.98 Å². The van der Waals surface area contributed by atoms with Gasteiger partial charge < -0.3 is 19.6 Å². The first kappa shape index (κ1) is 21.6. The van der Waals surface area contributed by atoms with E-state index in [2.05, 4.69) is 4.98 Å². The van der Waals surface area contributed by atoms with Gasteiger partial charge in [-0.3, -0.25) is 0 Å². The quantitative estimate of drug-likeness (QED) is 0.627. The van der Waals surface area contributed by atoms with Gasteiger partial charge >= 0.3 is 12.1 Å². The minimum Gasteiger partial charge on any atom is -0.497 e. The second-order valence-electron chi connectivity index (χ2n) is 5.58. The van der Waals surface area contributed by atoms with Crippen LogP contribution in [0.15, 0.2) is 52.9 Å². The van der Waals surface area contributed by atoms with E-state index >= 15 is 0 Å². The van der Waals surface area contributed by atoms with Crippen LogP contribution in [0.3, 0.4) is 0 Å². The SMILES string of the molecule is COc1ccc(-c2nc(C(F)(F)F)oc2-c2ccc(OCCN)cc2)cc1.Cl. The first-order valence-corrected chi connectivity index (χ1v) is 8.08. The largest absolute Gasteiger partial charge is 0.497 e. The molecule has 150 valence electrons. The minimum atomic E-state index is -4.69. The first-order valence-electron chi connectivity index (χ1n) is 8.08. The molecular formula is C19H18ClF3N2O3. The lowest BCUT2D eigenvalue weighted by Crippen LogP contribution is -2.10. The highest BCUT2D eigenvalue weighted by molar-refractivity contribution is 5.85. The Morgan fingerprint density at radius 3 is 2.07 bits per heavy atom. The molecule has 0 amide bonds. The van der Waals surface area contributed by atoms with Crippen LogP contribution in [0.25, 0.3) is 22.6 Å². The minimum absolute atomic E-state index is 0. The Morgan fingerprint density at radius 2 is 1.54 bits per heavy atom. The van der Waals surface area contributed by atoms with Gasteiger partial charge in [-0.25, -0.2) is 4.98 Å². The van der Waals surface area contributed by atoms with E-state index in [0.717, 1.165) is 0 Å². The van der Waals surface area contributed by atoms with Gasteiger partial charge in [0.2, 0.25) is 0 Å². The molecule has 9 heteroatoms. The molecule has 28 heavy (non-hydrogen) atoms. The topological polar surface area (TPSA) is 70.5 Å². The lowest BCUT2D eigenvalue weighted by molar-refractivity contribution is -0.156. The second kappa shape index (κ2) is 8.99. The molecular weight excluding hydrogens is 397 g/mol. The van der Waals surface area contributed by atoms with E-state index < -0.39 is 12.1 Å². The molecule has 3 aromatic rings. The Balaban J connectivity index is 0.00000280. The summed E-state index contributed by atoms with van der Waals surface area (Å²) in [4.78, 5) is 3.68. The third kappa shape index (κ3) is 4.76. The van der Waals surface area contributed by atoms with Gasteiger partial charge in [0.15, 0.2) is 5.76 Å². The van der Waals surface area contributed by atoms with Crippen molar-refractivity contribution in [2.45, 2.75) is 6.18 Å². The number of nitrogens with zero attached hydrogens (tertiary/aromatic N) is 1. The van der Waals surface area contributed by atoms with E-state index in [1.165, 1.54) is 7.11 Å². The number of methoxy groups -OCH3 is 1. The Bertz CT molecular complexity index is 894. The Morgan fingerprint density at radius 1 is 0.964 bits per heavy atom. The lowest BCUT2D eigenvalue weighted by Gasteiger charge is -2.06. The molecule has 0 spiro atoms. The normalized spacial score (nSPS) is 11.0. The second-order valence-corrected chi connectivity index (χ2v) is 5.58. The molecule has 0 saturated heterocycles. The standard InChI is InChI=1S/C19H17F3N2O3.ClH/c1-25-14-6-2-12(3-7-14)16-17(27-18(24-16)19(20,21)22)13-4-8-15(9-5-13)26-11-10-23;/h2-9H,10-11,23H2,1H3;1H. The van der Waals surface area contributed by atoms with Gasteiger partial charge in [0, 0.05) is 17.7 Å². The van der Waals surface area contributed by atoms with E-state index in [-0.39, 0.29) is 23.9 Å². The molecule has 0 atom stereocenters. The maximum Gasteiger partial charge on any atom is 0.468 e. The number of hydrogen-bond donors (Lipinski definition) is 1. The molecule has 0 bridgehead atoms. The lowest BCUT2D eigenvalue weighted by atomic mass is 10.1. The van der Waals surface area contributed by atoms with E-state index in [1.807, 2.05) is 0 Å². The van der Waals surface area contributed by atoms with E-state index in [4.69, 9.17) is 19.6 Å². The van der Waals surface area contributed by atoms with Crippen molar-refractivity contribution < 1.29 is 27.1 Å². The number of hydrogen-bond acceptors (Lipinski definition) is 5. The smallest absolute Gasteiger partial charge is 0.468 e. The molecule has 0 fully saturated rings. The molecule has 5 nitrogen and oxygen atoms in total. The van der Waals surface area contributed by atoms with Crippen LogP contribution in [0.2, 0.25) is 0 Å². The van der Waals surface area contributed by atoms with Gasteiger partial charge in [0.05, 0.1) is 7.11 Å². The van der Waals surface area contributed by atoms with Crippen LogP contribution in [-0.4, -0.2) is 25.2 Å². The summed E-state index contributed by atoms with van der Waals surface area (Å²) in [7, 11) is 1.51. The van der Waals surface area contributed by atoms with Crippen molar-refractivity contribution in [3.63, 3.8) is 0 Å². The third-order valence-electron chi connectivity index (χ3n) is 3.74. The first-order chi connectivity index (χ1) is 12.9. The van der Waals surface area contributed by atoms with Gasteiger partial charge in [-0.05, 0) is 48.5 Å². The van der Waals surface area contributed by atoms with Crippen LogP contribution in [0, 0.1) is 0 Å². The summed E-state index contributed by atoms with van der Waals surface area (Å²) < 4.78 is 54.9. The summed E-state index contributed by atoms with van der Waals surface area (Å²) in [5.74, 6) is -0.128. The molecule has 1 aromatic heterocycles. The molecule has 1 heterocycles. The predicted molar refractivity (Wildman–Crippen MR) is 101 cm³/mol.